The molecule has 5 nitrogen and oxygen atoms in total. The maximum Gasteiger partial charge on any atom is 0.277 e. The molecule has 0 amide bonds. The Bertz CT molecular complexity index is 1660. The first kappa shape index (κ1) is 15.4. The normalized spacial score (nSPS) is 11.7. The zero-order valence-corrected chi connectivity index (χ0v) is 13.9. The molecule has 0 atom stereocenters. The maximum absolute atomic E-state index is 12.3. The smallest absolute Gasteiger partial charge is 0.277 e. The number of anilines is 1. The third kappa shape index (κ3) is 1.99. The van der Waals surface area contributed by atoms with Crippen molar-refractivity contribution in [3.05, 3.63) is 95.5 Å². The highest BCUT2D eigenvalue weighted by Crippen LogP contribution is 2.32. The van der Waals surface area contributed by atoms with Crippen LogP contribution in [0, 0.1) is 0 Å². The molecule has 0 aliphatic carbocycles. The molecule has 0 aliphatic heterocycles. The second kappa shape index (κ2) is 5.08. The van der Waals surface area contributed by atoms with E-state index in [0.717, 1.165) is 21.5 Å². The Morgan fingerprint density at radius 3 is 1.70 bits per heavy atom. The SMILES string of the molecule is Nc1c2cc3cc4ccccc4cc3cc2cc2c(=O)c(=O)c(=O)c(=O)c12. The first-order valence-electron chi connectivity index (χ1n) is 8.32. The highest BCUT2D eigenvalue weighted by Gasteiger charge is 2.17. The van der Waals surface area contributed by atoms with Crippen molar-refractivity contribution in [1.82, 2.24) is 0 Å². The van der Waals surface area contributed by atoms with Gasteiger partial charge < -0.3 is 5.73 Å². The molecule has 128 valence electrons. The summed E-state index contributed by atoms with van der Waals surface area (Å²) >= 11 is 0. The van der Waals surface area contributed by atoms with Crippen LogP contribution >= 0.6 is 0 Å². The van der Waals surface area contributed by atoms with Gasteiger partial charge in [-0.2, -0.15) is 0 Å². The van der Waals surface area contributed by atoms with Gasteiger partial charge in [-0.3, -0.25) is 19.2 Å². The van der Waals surface area contributed by atoms with Gasteiger partial charge in [-0.1, -0.05) is 24.3 Å². The van der Waals surface area contributed by atoms with Crippen molar-refractivity contribution in [3.8, 4) is 0 Å². The van der Waals surface area contributed by atoms with Gasteiger partial charge in [0.1, 0.15) is 0 Å². The van der Waals surface area contributed by atoms with E-state index in [9.17, 15) is 19.2 Å². The first-order valence-corrected chi connectivity index (χ1v) is 8.32. The Morgan fingerprint density at radius 2 is 1.04 bits per heavy atom. The summed E-state index contributed by atoms with van der Waals surface area (Å²) in [5.41, 5.74) is 1.58. The highest BCUT2D eigenvalue weighted by atomic mass is 16.2. The van der Waals surface area contributed by atoms with Crippen molar-refractivity contribution in [1.29, 1.82) is 0 Å². The van der Waals surface area contributed by atoms with Crippen molar-refractivity contribution >= 4 is 48.8 Å². The summed E-state index contributed by atoms with van der Waals surface area (Å²) in [7, 11) is 0. The van der Waals surface area contributed by atoms with E-state index >= 15 is 0 Å². The number of hydrogen-bond donors (Lipinski definition) is 1. The molecule has 0 bridgehead atoms. The van der Waals surface area contributed by atoms with Crippen LogP contribution in [0.4, 0.5) is 5.69 Å². The second-order valence-corrected chi connectivity index (χ2v) is 6.65. The first-order chi connectivity index (χ1) is 13.0. The van der Waals surface area contributed by atoms with Gasteiger partial charge in [0.15, 0.2) is 0 Å². The fourth-order valence-corrected chi connectivity index (χ4v) is 3.74. The van der Waals surface area contributed by atoms with E-state index in [-0.39, 0.29) is 16.5 Å². The van der Waals surface area contributed by atoms with Crippen LogP contribution in [-0.2, 0) is 0 Å². The summed E-state index contributed by atoms with van der Waals surface area (Å²) in [5.74, 6) is 0. The minimum absolute atomic E-state index is 0.0526. The lowest BCUT2D eigenvalue weighted by atomic mass is 9.96. The van der Waals surface area contributed by atoms with Crippen molar-refractivity contribution in [3.63, 3.8) is 0 Å². The molecule has 2 N–H and O–H groups in total. The van der Waals surface area contributed by atoms with E-state index in [0.29, 0.717) is 10.8 Å². The van der Waals surface area contributed by atoms with Crippen molar-refractivity contribution in [2.24, 2.45) is 0 Å². The topological polar surface area (TPSA) is 94.3 Å². The zero-order chi connectivity index (χ0) is 18.9. The highest BCUT2D eigenvalue weighted by molar-refractivity contribution is 6.14. The van der Waals surface area contributed by atoms with Crippen LogP contribution in [0.5, 0.6) is 0 Å². The lowest BCUT2D eigenvalue weighted by molar-refractivity contribution is 1.40. The summed E-state index contributed by atoms with van der Waals surface area (Å²) in [5, 5.41) is 4.93. The van der Waals surface area contributed by atoms with E-state index in [1.165, 1.54) is 6.07 Å². The van der Waals surface area contributed by atoms with Crippen LogP contribution < -0.4 is 27.4 Å². The van der Waals surface area contributed by atoms with E-state index in [1.54, 1.807) is 0 Å². The van der Waals surface area contributed by atoms with Crippen molar-refractivity contribution < 1.29 is 0 Å². The molecule has 0 saturated heterocycles. The molecule has 27 heavy (non-hydrogen) atoms. The zero-order valence-electron chi connectivity index (χ0n) is 13.9. The summed E-state index contributed by atoms with van der Waals surface area (Å²) in [4.78, 5) is 48.0. The molecule has 5 heteroatoms. The molecule has 0 spiro atoms. The van der Waals surface area contributed by atoms with Crippen LogP contribution in [0.2, 0.25) is 0 Å². The quantitative estimate of drug-likeness (QED) is 0.262. The van der Waals surface area contributed by atoms with Gasteiger partial charge in [0.25, 0.3) is 10.9 Å². The van der Waals surface area contributed by atoms with Gasteiger partial charge in [0.05, 0.1) is 11.1 Å². The van der Waals surface area contributed by atoms with E-state index < -0.39 is 21.7 Å². The molecule has 0 fully saturated rings. The Morgan fingerprint density at radius 1 is 0.519 bits per heavy atom. The number of nitrogens with two attached hydrogens (primary N) is 1. The lowest BCUT2D eigenvalue weighted by Crippen LogP contribution is -2.46. The third-order valence-corrected chi connectivity index (χ3v) is 5.09. The summed E-state index contributed by atoms with van der Waals surface area (Å²) in [6.07, 6.45) is 0. The van der Waals surface area contributed by atoms with Gasteiger partial charge in [0.2, 0.25) is 10.9 Å². The van der Waals surface area contributed by atoms with Crippen LogP contribution in [-0.4, -0.2) is 0 Å². The molecule has 0 unspecified atom stereocenters. The molecular formula is C22H11NO4. The molecule has 0 saturated carbocycles. The second-order valence-electron chi connectivity index (χ2n) is 6.65. The average Bonchev–Trinajstić information content (AvgIpc) is 2.67. The number of rotatable bonds is 0. The van der Waals surface area contributed by atoms with E-state index in [1.807, 2.05) is 48.5 Å². The fourth-order valence-electron chi connectivity index (χ4n) is 3.74. The minimum Gasteiger partial charge on any atom is -0.398 e. The van der Waals surface area contributed by atoms with Crippen molar-refractivity contribution in [2.45, 2.75) is 0 Å². The fraction of sp³-hybridized carbons (Fsp3) is 0. The average molecular weight is 353 g/mol. The molecule has 0 radical (unpaired) electrons. The largest absolute Gasteiger partial charge is 0.398 e. The standard InChI is InChI=1S/C22H11NO4/c23-18-15-8-13-6-11-4-2-1-3-10(11)5-12(13)7-14(15)9-16-17(18)20(25)22(27)21(26)19(16)24/h1-9H,23H2. The predicted octanol–water partition coefficient (Wildman–Crippen LogP) is 2.20. The van der Waals surface area contributed by atoms with E-state index in [2.05, 4.69) is 0 Å². The van der Waals surface area contributed by atoms with Gasteiger partial charge in [0, 0.05) is 10.8 Å². The van der Waals surface area contributed by atoms with Crippen LogP contribution in [0.15, 0.2) is 73.8 Å². The molecule has 0 heterocycles. The number of benzene rings is 5. The monoisotopic (exact) mass is 353 g/mol. The van der Waals surface area contributed by atoms with Gasteiger partial charge >= 0.3 is 0 Å². The Kier molecular flexibility index (Phi) is 2.90. The van der Waals surface area contributed by atoms with E-state index in [4.69, 9.17) is 5.73 Å². The summed E-state index contributed by atoms with van der Waals surface area (Å²) in [6.45, 7) is 0. The van der Waals surface area contributed by atoms with Gasteiger partial charge in [-0.15, -0.1) is 0 Å². The number of fused-ring (bicyclic) bond motifs is 4. The molecule has 0 aromatic heterocycles. The van der Waals surface area contributed by atoms with Crippen molar-refractivity contribution in [2.75, 3.05) is 5.73 Å². The summed E-state index contributed by atoms with van der Waals surface area (Å²) in [6, 6.07) is 17.1. The lowest BCUT2D eigenvalue weighted by Gasteiger charge is -2.09. The molecular weight excluding hydrogens is 342 g/mol. The van der Waals surface area contributed by atoms with Gasteiger partial charge in [-0.05, 0) is 57.3 Å². The number of nitrogen functional groups attached to an aromatic ring is 1. The summed E-state index contributed by atoms with van der Waals surface area (Å²) < 4.78 is 0. The third-order valence-electron chi connectivity index (χ3n) is 5.09. The van der Waals surface area contributed by atoms with Crippen LogP contribution in [0.1, 0.15) is 0 Å². The minimum atomic E-state index is -1.33. The van der Waals surface area contributed by atoms with Gasteiger partial charge in [-0.25, -0.2) is 0 Å². The molecule has 5 aromatic carbocycles. The predicted molar refractivity (Wildman–Crippen MR) is 108 cm³/mol. The molecule has 5 rings (SSSR count). The number of hydrogen-bond acceptors (Lipinski definition) is 5. The molecule has 5 aromatic rings. The Hall–Kier alpha value is -3.86. The van der Waals surface area contributed by atoms with Crippen LogP contribution in [0.25, 0.3) is 43.1 Å². The maximum atomic E-state index is 12.3. The van der Waals surface area contributed by atoms with Crippen LogP contribution in [0.3, 0.4) is 0 Å². The molecule has 0 aliphatic rings. The Labute approximate surface area is 150 Å². The Balaban J connectivity index is 2.05.